The number of rotatable bonds is 9. The summed E-state index contributed by atoms with van der Waals surface area (Å²) >= 11 is 0. The van der Waals surface area contributed by atoms with E-state index >= 15 is 0 Å². The number of hydrogen-bond donors (Lipinski definition) is 1. The molecule has 0 saturated heterocycles. The molecule has 0 unspecified atom stereocenters. The van der Waals surface area contributed by atoms with Crippen LogP contribution in [0.5, 0.6) is 5.75 Å². The molecule has 0 aromatic carbocycles. The maximum Gasteiger partial charge on any atom is 0.309 e. The van der Waals surface area contributed by atoms with Gasteiger partial charge in [0.05, 0.1) is 41.8 Å². The summed E-state index contributed by atoms with van der Waals surface area (Å²) in [7, 11) is 1.84. The van der Waals surface area contributed by atoms with Gasteiger partial charge in [-0.3, -0.25) is 4.79 Å². The molecule has 0 aliphatic heterocycles. The number of hydrogen-bond acceptors (Lipinski definition) is 10. The van der Waals surface area contributed by atoms with Gasteiger partial charge in [-0.05, 0) is 58.6 Å². The van der Waals surface area contributed by atoms with Gasteiger partial charge in [-0.2, -0.15) is 4.98 Å². The second kappa shape index (κ2) is 11.6. The third-order valence-corrected chi connectivity index (χ3v) is 6.35. The van der Waals surface area contributed by atoms with Crippen molar-refractivity contribution in [2.45, 2.75) is 85.0 Å². The van der Waals surface area contributed by atoms with Crippen molar-refractivity contribution in [1.29, 1.82) is 0 Å². The molecule has 3 aromatic heterocycles. The van der Waals surface area contributed by atoms with Crippen molar-refractivity contribution in [3.05, 3.63) is 35.7 Å². The van der Waals surface area contributed by atoms with Crippen LogP contribution in [0.2, 0.25) is 0 Å². The van der Waals surface area contributed by atoms with Crippen LogP contribution >= 0.6 is 0 Å². The second-order valence-corrected chi connectivity index (χ2v) is 10.1. The predicted octanol–water partition coefficient (Wildman–Crippen LogP) is 4.00. The molecule has 1 aliphatic rings. The molecule has 1 N–H and O–H groups in total. The molecule has 2 atom stereocenters. The van der Waals surface area contributed by atoms with Crippen LogP contribution in [0.4, 0.5) is 5.95 Å². The van der Waals surface area contributed by atoms with Crippen molar-refractivity contribution in [2.24, 2.45) is 13.0 Å². The highest BCUT2D eigenvalue weighted by atomic mass is 16.5. The second-order valence-electron chi connectivity index (χ2n) is 10.1. The average molecular weight is 509 g/mol. The zero-order valence-electron chi connectivity index (χ0n) is 22.4. The van der Waals surface area contributed by atoms with E-state index in [0.29, 0.717) is 36.1 Å². The topological polar surface area (TPSA) is 130 Å². The summed E-state index contributed by atoms with van der Waals surface area (Å²) in [5.41, 5.74) is 2.99. The third-order valence-electron chi connectivity index (χ3n) is 6.35. The highest BCUT2D eigenvalue weighted by Gasteiger charge is 2.30. The molecule has 0 radical (unpaired) electrons. The number of anilines is 1. The number of carbonyl (C=O) groups is 1. The van der Waals surface area contributed by atoms with Gasteiger partial charge in [0.25, 0.3) is 0 Å². The lowest BCUT2D eigenvalue weighted by Crippen LogP contribution is -2.31. The molecular formula is C26H36N8O3. The highest BCUT2D eigenvalue weighted by Crippen LogP contribution is 2.31. The minimum atomic E-state index is -0.130. The Labute approximate surface area is 217 Å². The normalized spacial score (nSPS) is 17.7. The van der Waals surface area contributed by atoms with Crippen LogP contribution < -0.4 is 10.1 Å². The zero-order valence-corrected chi connectivity index (χ0v) is 22.4. The Morgan fingerprint density at radius 1 is 1.16 bits per heavy atom. The van der Waals surface area contributed by atoms with Crippen LogP contribution in [-0.4, -0.2) is 53.1 Å². The van der Waals surface area contributed by atoms with Crippen LogP contribution in [0, 0.1) is 12.8 Å². The monoisotopic (exact) mass is 508 g/mol. The Morgan fingerprint density at radius 3 is 2.70 bits per heavy atom. The smallest absolute Gasteiger partial charge is 0.309 e. The first-order valence-corrected chi connectivity index (χ1v) is 12.9. The number of aromatic nitrogens is 7. The number of nitrogens with zero attached hydrogens (tertiary/aromatic N) is 7. The Balaban J connectivity index is 1.44. The third kappa shape index (κ3) is 6.58. The quantitative estimate of drug-likeness (QED) is 0.423. The number of pyridine rings is 1. The summed E-state index contributed by atoms with van der Waals surface area (Å²) in [6, 6.07) is 3.81. The standard InChI is InChI=1S/C26H36N8O3/c1-15(2)24-28-14-29-26(31-24)27-13-21-23(32-33-34(21)6)20-10-11-22(17(5)30-20)37-19-9-7-8-18(12-19)25(35)36-16(3)4/h10-11,14-16,18-19H,7-9,12-13H2,1-6H3,(H,27,28,29,31)/t18-,19-/m0/s1. The molecule has 1 fully saturated rings. The van der Waals surface area contributed by atoms with E-state index in [-0.39, 0.29) is 30.0 Å². The molecule has 1 aliphatic carbocycles. The molecule has 11 heteroatoms. The van der Waals surface area contributed by atoms with Gasteiger partial charge in [-0.15, -0.1) is 5.10 Å². The summed E-state index contributed by atoms with van der Waals surface area (Å²) in [5, 5.41) is 11.8. The highest BCUT2D eigenvalue weighted by molar-refractivity contribution is 5.72. The molecule has 3 heterocycles. The van der Waals surface area contributed by atoms with Crippen LogP contribution in [0.1, 0.15) is 76.5 Å². The molecule has 1 saturated carbocycles. The van der Waals surface area contributed by atoms with Gasteiger partial charge < -0.3 is 14.8 Å². The van der Waals surface area contributed by atoms with Crippen molar-refractivity contribution in [3.63, 3.8) is 0 Å². The molecule has 0 spiro atoms. The van der Waals surface area contributed by atoms with Crippen LogP contribution in [0.3, 0.4) is 0 Å². The molecule has 3 aromatic rings. The van der Waals surface area contributed by atoms with Gasteiger partial charge in [0.1, 0.15) is 23.6 Å². The lowest BCUT2D eigenvalue weighted by atomic mass is 9.87. The fourth-order valence-corrected chi connectivity index (χ4v) is 4.39. The first kappa shape index (κ1) is 26.4. The lowest BCUT2D eigenvalue weighted by Gasteiger charge is -2.29. The Morgan fingerprint density at radius 2 is 1.97 bits per heavy atom. The van der Waals surface area contributed by atoms with E-state index in [9.17, 15) is 4.79 Å². The zero-order chi connectivity index (χ0) is 26.5. The number of nitrogens with one attached hydrogen (secondary N) is 1. The van der Waals surface area contributed by atoms with Gasteiger partial charge in [0.2, 0.25) is 5.95 Å². The molecule has 0 bridgehead atoms. The predicted molar refractivity (Wildman–Crippen MR) is 138 cm³/mol. The maximum absolute atomic E-state index is 12.4. The number of aryl methyl sites for hydroxylation is 2. The van der Waals surface area contributed by atoms with Crippen molar-refractivity contribution in [2.75, 3.05) is 5.32 Å². The molecule has 11 nitrogen and oxygen atoms in total. The maximum atomic E-state index is 12.4. The summed E-state index contributed by atoms with van der Waals surface area (Å²) in [4.78, 5) is 30.0. The molecular weight excluding hydrogens is 472 g/mol. The van der Waals surface area contributed by atoms with E-state index in [1.165, 1.54) is 6.33 Å². The number of carbonyl (C=O) groups excluding carboxylic acids is 1. The first-order valence-electron chi connectivity index (χ1n) is 12.9. The Kier molecular flexibility index (Phi) is 8.30. The molecule has 37 heavy (non-hydrogen) atoms. The van der Waals surface area contributed by atoms with Gasteiger partial charge in [0, 0.05) is 13.0 Å². The number of esters is 1. The van der Waals surface area contributed by atoms with Crippen molar-refractivity contribution >= 4 is 11.9 Å². The van der Waals surface area contributed by atoms with E-state index < -0.39 is 0 Å². The van der Waals surface area contributed by atoms with E-state index in [0.717, 1.165) is 36.5 Å². The SMILES string of the molecule is Cc1nc(-c2nnn(C)c2CNc2ncnc(C(C)C)n2)ccc1O[C@H]1CCC[C@H](C(=O)OC(C)C)C1. The van der Waals surface area contributed by atoms with Crippen molar-refractivity contribution in [1.82, 2.24) is 34.9 Å². The Hall–Kier alpha value is -3.63. The van der Waals surface area contributed by atoms with E-state index in [2.05, 4.69) is 30.6 Å². The average Bonchev–Trinajstić information content (AvgIpc) is 3.24. The fourth-order valence-electron chi connectivity index (χ4n) is 4.39. The lowest BCUT2D eigenvalue weighted by molar-refractivity contribution is -0.154. The minimum absolute atomic E-state index is 0.0443. The van der Waals surface area contributed by atoms with E-state index in [1.54, 1.807) is 4.68 Å². The minimum Gasteiger partial charge on any atom is -0.489 e. The summed E-state index contributed by atoms with van der Waals surface area (Å²) < 4.78 is 13.4. The summed E-state index contributed by atoms with van der Waals surface area (Å²) in [5.74, 6) is 1.90. The van der Waals surface area contributed by atoms with Crippen molar-refractivity contribution < 1.29 is 14.3 Å². The molecule has 198 valence electrons. The first-order chi connectivity index (χ1) is 17.7. The Bertz CT molecular complexity index is 1230. The van der Waals surface area contributed by atoms with Crippen LogP contribution in [0.25, 0.3) is 11.4 Å². The van der Waals surface area contributed by atoms with Gasteiger partial charge in [0.15, 0.2) is 0 Å². The van der Waals surface area contributed by atoms with Crippen molar-refractivity contribution in [3.8, 4) is 17.1 Å². The van der Waals surface area contributed by atoms with Crippen LogP contribution in [0.15, 0.2) is 18.5 Å². The summed E-state index contributed by atoms with van der Waals surface area (Å²) in [6.07, 6.45) is 4.70. The summed E-state index contributed by atoms with van der Waals surface area (Å²) in [6.45, 7) is 10.2. The molecule has 4 rings (SSSR count). The largest absolute Gasteiger partial charge is 0.489 e. The molecule has 0 amide bonds. The van der Waals surface area contributed by atoms with Crippen LogP contribution in [-0.2, 0) is 23.1 Å². The van der Waals surface area contributed by atoms with E-state index in [1.807, 2.05) is 53.8 Å². The number of ether oxygens (including phenoxy) is 2. The van der Waals surface area contributed by atoms with Gasteiger partial charge >= 0.3 is 5.97 Å². The van der Waals surface area contributed by atoms with E-state index in [4.69, 9.17) is 14.5 Å². The fraction of sp³-hybridized carbons (Fsp3) is 0.577. The van der Waals surface area contributed by atoms with Gasteiger partial charge in [-0.1, -0.05) is 19.1 Å². The van der Waals surface area contributed by atoms with Gasteiger partial charge in [-0.25, -0.2) is 19.6 Å².